The van der Waals surface area contributed by atoms with Crippen molar-refractivity contribution < 1.29 is 27.5 Å². The van der Waals surface area contributed by atoms with E-state index >= 15 is 0 Å². The van der Waals surface area contributed by atoms with Crippen molar-refractivity contribution in [2.75, 3.05) is 0 Å². The van der Waals surface area contributed by atoms with E-state index in [1.165, 1.54) is 36.5 Å². The smallest absolute Gasteiger partial charge is 0.409 e. The quantitative estimate of drug-likeness (QED) is 0.222. The minimum Gasteiger partial charge on any atom is -0.409 e. The van der Waals surface area contributed by atoms with Crippen molar-refractivity contribution in [3.05, 3.63) is 94.2 Å². The first kappa shape index (κ1) is 26.1. The molecule has 0 saturated heterocycles. The van der Waals surface area contributed by atoms with E-state index in [0.717, 1.165) is 10.7 Å². The maximum atomic E-state index is 13.6. The van der Waals surface area contributed by atoms with Gasteiger partial charge in [-0.1, -0.05) is 41.4 Å². The van der Waals surface area contributed by atoms with Crippen molar-refractivity contribution in [2.45, 2.75) is 6.18 Å². The van der Waals surface area contributed by atoms with Crippen molar-refractivity contribution >= 4 is 46.1 Å². The Morgan fingerprint density at radius 2 is 1.74 bits per heavy atom. The van der Waals surface area contributed by atoms with E-state index in [1.54, 1.807) is 30.3 Å². The van der Waals surface area contributed by atoms with E-state index in [0.29, 0.717) is 5.39 Å². The fourth-order valence-corrected chi connectivity index (χ4v) is 4.16. The standard InChI is InChI=1S/C25H15Cl2F3N6O3/c26-14-9-13-10-18(19-12-20(25(28,29)30)35-36(19)22-17(27)7-4-8-31-22)32-21(13)16(11-14)23(37)33-34-24(38)39-15-5-2-1-3-6-15/h1-12,32H,(H,33,37)(H,34,38). The third-order valence-electron chi connectivity index (χ3n) is 5.39. The van der Waals surface area contributed by atoms with Gasteiger partial charge in [0, 0.05) is 16.6 Å². The number of H-pyrrole nitrogens is 1. The SMILES string of the molecule is O=C(NNC(=O)c1cc(Cl)cc2cc(-c3cc(C(F)(F)F)nn3-c3ncccc3Cl)[nH]c12)Oc1ccccc1. The summed E-state index contributed by atoms with van der Waals surface area (Å²) >= 11 is 12.4. The average molecular weight is 575 g/mol. The lowest BCUT2D eigenvalue weighted by Gasteiger charge is -2.09. The molecule has 0 spiro atoms. The number of halogens is 5. The maximum Gasteiger partial charge on any atom is 0.435 e. The summed E-state index contributed by atoms with van der Waals surface area (Å²) in [5.74, 6) is -0.537. The number of ether oxygens (including phenoxy) is 1. The molecule has 0 atom stereocenters. The van der Waals surface area contributed by atoms with Gasteiger partial charge in [0.15, 0.2) is 11.5 Å². The van der Waals surface area contributed by atoms with Crippen LogP contribution in [0.4, 0.5) is 18.0 Å². The molecule has 0 bridgehead atoms. The van der Waals surface area contributed by atoms with E-state index in [-0.39, 0.29) is 44.1 Å². The molecular formula is C25H15Cl2F3N6O3. The van der Waals surface area contributed by atoms with Crippen molar-refractivity contribution in [3.8, 4) is 23.0 Å². The molecule has 2 amide bonds. The number of aromatic nitrogens is 4. The zero-order chi connectivity index (χ0) is 27.7. The monoisotopic (exact) mass is 574 g/mol. The Bertz CT molecular complexity index is 1700. The number of aromatic amines is 1. The van der Waals surface area contributed by atoms with Crippen LogP contribution >= 0.6 is 23.2 Å². The number of amides is 2. The number of benzene rings is 2. The molecule has 5 rings (SSSR count). The molecule has 2 aromatic carbocycles. The summed E-state index contributed by atoms with van der Waals surface area (Å²) in [6.07, 6.45) is -4.33. The van der Waals surface area contributed by atoms with Gasteiger partial charge in [0.2, 0.25) is 0 Å². The Labute approximate surface area is 227 Å². The van der Waals surface area contributed by atoms with Gasteiger partial charge in [-0.25, -0.2) is 19.9 Å². The third kappa shape index (κ3) is 5.52. The summed E-state index contributed by atoms with van der Waals surface area (Å²) in [5.41, 5.74) is 3.56. The highest BCUT2D eigenvalue weighted by molar-refractivity contribution is 6.32. The van der Waals surface area contributed by atoms with Crippen LogP contribution in [0.15, 0.2) is 72.9 Å². The minimum atomic E-state index is -4.75. The van der Waals surface area contributed by atoms with Crippen LogP contribution in [0.2, 0.25) is 10.0 Å². The average Bonchev–Trinajstić information content (AvgIpc) is 3.52. The molecule has 3 aromatic heterocycles. The summed E-state index contributed by atoms with van der Waals surface area (Å²) in [7, 11) is 0. The topological polar surface area (TPSA) is 114 Å². The number of nitrogens with zero attached hydrogens (tertiary/aromatic N) is 3. The van der Waals surface area contributed by atoms with Gasteiger partial charge < -0.3 is 9.72 Å². The van der Waals surface area contributed by atoms with Gasteiger partial charge >= 0.3 is 12.3 Å². The number of carbonyl (C=O) groups excluding carboxylic acids is 2. The predicted molar refractivity (Wildman–Crippen MR) is 137 cm³/mol. The third-order valence-corrected chi connectivity index (χ3v) is 5.90. The molecule has 0 fully saturated rings. The molecule has 14 heteroatoms. The molecule has 3 heterocycles. The number of hydrogen-bond acceptors (Lipinski definition) is 5. The normalized spacial score (nSPS) is 11.4. The van der Waals surface area contributed by atoms with Gasteiger partial charge in [-0.3, -0.25) is 10.2 Å². The maximum absolute atomic E-state index is 13.6. The zero-order valence-electron chi connectivity index (χ0n) is 19.4. The number of para-hydroxylation sites is 1. The van der Waals surface area contributed by atoms with Gasteiger partial charge in [-0.15, -0.1) is 0 Å². The molecule has 9 nitrogen and oxygen atoms in total. The van der Waals surface area contributed by atoms with Crippen LogP contribution < -0.4 is 15.6 Å². The molecule has 5 aromatic rings. The first-order valence-electron chi connectivity index (χ1n) is 11.0. The summed E-state index contributed by atoms with van der Waals surface area (Å²) in [5, 5.41) is 4.32. The summed E-state index contributed by atoms with van der Waals surface area (Å²) in [6, 6.07) is 16.3. The second-order valence-corrected chi connectivity index (χ2v) is 8.86. The van der Waals surface area contributed by atoms with Gasteiger partial charge in [0.25, 0.3) is 5.91 Å². The van der Waals surface area contributed by atoms with Crippen LogP contribution in [0.1, 0.15) is 16.1 Å². The Kier molecular flexibility index (Phi) is 6.89. The number of fused-ring (bicyclic) bond motifs is 1. The van der Waals surface area contributed by atoms with E-state index in [9.17, 15) is 22.8 Å². The van der Waals surface area contributed by atoms with Gasteiger partial charge in [0.05, 0.1) is 27.5 Å². The molecular weight excluding hydrogens is 560 g/mol. The van der Waals surface area contributed by atoms with Crippen LogP contribution in [0.5, 0.6) is 5.75 Å². The lowest BCUT2D eigenvalue weighted by Crippen LogP contribution is -2.43. The number of carbonyl (C=O) groups is 2. The molecule has 0 aliphatic carbocycles. The Morgan fingerprint density at radius 1 is 0.974 bits per heavy atom. The molecule has 0 saturated carbocycles. The van der Waals surface area contributed by atoms with E-state index in [4.69, 9.17) is 27.9 Å². The number of nitrogens with one attached hydrogen (secondary N) is 3. The number of alkyl halides is 3. The van der Waals surface area contributed by atoms with Gasteiger partial charge in [-0.05, 0) is 48.5 Å². The summed E-state index contributed by atoms with van der Waals surface area (Å²) in [4.78, 5) is 32.0. The van der Waals surface area contributed by atoms with Crippen molar-refractivity contribution in [3.63, 3.8) is 0 Å². The van der Waals surface area contributed by atoms with Crippen LogP contribution in [0, 0.1) is 0 Å². The number of pyridine rings is 1. The predicted octanol–water partition coefficient (Wildman–Crippen LogP) is 6.17. The minimum absolute atomic E-state index is 0.00161. The van der Waals surface area contributed by atoms with Gasteiger partial charge in [0.1, 0.15) is 5.75 Å². The van der Waals surface area contributed by atoms with Crippen molar-refractivity contribution in [2.24, 2.45) is 0 Å². The lowest BCUT2D eigenvalue weighted by molar-refractivity contribution is -0.141. The molecule has 0 aliphatic rings. The molecule has 0 radical (unpaired) electrons. The van der Waals surface area contributed by atoms with E-state index < -0.39 is 23.9 Å². The van der Waals surface area contributed by atoms with Gasteiger partial charge in [-0.2, -0.15) is 18.3 Å². The highest BCUT2D eigenvalue weighted by atomic mass is 35.5. The molecule has 39 heavy (non-hydrogen) atoms. The van der Waals surface area contributed by atoms with Crippen LogP contribution in [0.25, 0.3) is 28.1 Å². The first-order chi connectivity index (χ1) is 18.6. The zero-order valence-corrected chi connectivity index (χ0v) is 20.9. The molecule has 0 aliphatic heterocycles. The van der Waals surface area contributed by atoms with Crippen LogP contribution in [-0.2, 0) is 6.18 Å². The Morgan fingerprint density at radius 3 is 2.46 bits per heavy atom. The number of hydrogen-bond donors (Lipinski definition) is 3. The molecule has 3 N–H and O–H groups in total. The largest absolute Gasteiger partial charge is 0.435 e. The number of hydrazine groups is 1. The van der Waals surface area contributed by atoms with Crippen molar-refractivity contribution in [1.29, 1.82) is 0 Å². The van der Waals surface area contributed by atoms with Crippen LogP contribution in [-0.4, -0.2) is 31.7 Å². The van der Waals surface area contributed by atoms with E-state index in [2.05, 4.69) is 25.9 Å². The Balaban J connectivity index is 1.50. The molecule has 0 unspecified atom stereocenters. The second-order valence-electron chi connectivity index (χ2n) is 8.02. The summed E-state index contributed by atoms with van der Waals surface area (Å²) in [6.45, 7) is 0. The first-order valence-corrected chi connectivity index (χ1v) is 11.8. The fourth-order valence-electron chi connectivity index (χ4n) is 3.73. The fraction of sp³-hybridized carbons (Fsp3) is 0.0400. The van der Waals surface area contributed by atoms with Crippen molar-refractivity contribution in [1.82, 2.24) is 30.6 Å². The Hall–Kier alpha value is -4.55. The van der Waals surface area contributed by atoms with Crippen LogP contribution in [0.3, 0.4) is 0 Å². The molecule has 198 valence electrons. The second kappa shape index (κ2) is 10.3. The number of rotatable bonds is 4. The highest BCUT2D eigenvalue weighted by Gasteiger charge is 2.36. The lowest BCUT2D eigenvalue weighted by atomic mass is 10.1. The summed E-state index contributed by atoms with van der Waals surface area (Å²) < 4.78 is 46.7. The van der Waals surface area contributed by atoms with E-state index in [1.807, 2.05) is 0 Å². The highest BCUT2D eigenvalue weighted by Crippen LogP contribution is 2.35.